The third-order valence-corrected chi connectivity index (χ3v) is 3.13. The van der Waals surface area contributed by atoms with E-state index < -0.39 is 0 Å². The van der Waals surface area contributed by atoms with Gasteiger partial charge >= 0.3 is 0 Å². The second kappa shape index (κ2) is 4.83. The van der Waals surface area contributed by atoms with Gasteiger partial charge < -0.3 is 9.47 Å². The lowest BCUT2D eigenvalue weighted by Crippen LogP contribution is -2.17. The first-order valence-electron chi connectivity index (χ1n) is 6.44. The van der Waals surface area contributed by atoms with Crippen molar-refractivity contribution in [3.8, 4) is 5.75 Å². The summed E-state index contributed by atoms with van der Waals surface area (Å²) in [5.41, 5.74) is 1.02. The fraction of sp³-hybridized carbons (Fsp3) is 0.533. The molecule has 0 unspecified atom stereocenters. The molecular formula is C15H20FNO2. The summed E-state index contributed by atoms with van der Waals surface area (Å²) >= 11 is 0. The van der Waals surface area contributed by atoms with E-state index in [1.165, 1.54) is 13.2 Å². The second-order valence-corrected chi connectivity index (χ2v) is 5.75. The van der Waals surface area contributed by atoms with Gasteiger partial charge in [0.25, 0.3) is 0 Å². The Bertz CT molecular complexity index is 521. The van der Waals surface area contributed by atoms with Crippen LogP contribution in [0.1, 0.15) is 44.7 Å². The number of benzene rings is 1. The van der Waals surface area contributed by atoms with E-state index >= 15 is 0 Å². The van der Waals surface area contributed by atoms with Crippen molar-refractivity contribution in [3.63, 3.8) is 0 Å². The van der Waals surface area contributed by atoms with Crippen LogP contribution >= 0.6 is 0 Å². The molecule has 1 aliphatic rings. The van der Waals surface area contributed by atoms with Crippen LogP contribution in [0.2, 0.25) is 0 Å². The van der Waals surface area contributed by atoms with Crippen molar-refractivity contribution in [2.45, 2.75) is 39.2 Å². The topological polar surface area (TPSA) is 30.8 Å². The van der Waals surface area contributed by atoms with Crippen LogP contribution in [0.15, 0.2) is 17.1 Å². The SMILES string of the molecule is COc1cc(F)c(C2=NC(C)(C)CO2)c(C(C)C)c1. The molecule has 0 aromatic heterocycles. The molecule has 0 fully saturated rings. The molecule has 104 valence electrons. The molecule has 0 radical (unpaired) electrons. The second-order valence-electron chi connectivity index (χ2n) is 5.75. The predicted octanol–water partition coefficient (Wildman–Crippen LogP) is 3.51. The predicted molar refractivity (Wildman–Crippen MR) is 73.6 cm³/mol. The molecule has 3 nitrogen and oxygen atoms in total. The Morgan fingerprint density at radius 3 is 2.53 bits per heavy atom. The number of aliphatic imine (C=N–C) groups is 1. The molecule has 0 saturated carbocycles. The van der Waals surface area contributed by atoms with Crippen LogP contribution in [-0.2, 0) is 4.74 Å². The van der Waals surface area contributed by atoms with E-state index in [1.807, 2.05) is 33.8 Å². The highest BCUT2D eigenvalue weighted by Crippen LogP contribution is 2.31. The minimum Gasteiger partial charge on any atom is -0.497 e. The van der Waals surface area contributed by atoms with Crippen molar-refractivity contribution in [1.82, 2.24) is 0 Å². The van der Waals surface area contributed by atoms with Gasteiger partial charge in [-0.1, -0.05) is 13.8 Å². The molecule has 0 bridgehead atoms. The molecule has 0 aliphatic carbocycles. The quantitative estimate of drug-likeness (QED) is 0.837. The summed E-state index contributed by atoms with van der Waals surface area (Å²) in [6, 6.07) is 3.22. The largest absolute Gasteiger partial charge is 0.497 e. The van der Waals surface area contributed by atoms with E-state index in [-0.39, 0.29) is 17.3 Å². The van der Waals surface area contributed by atoms with E-state index in [2.05, 4.69) is 4.99 Å². The maximum Gasteiger partial charge on any atom is 0.220 e. The zero-order chi connectivity index (χ0) is 14.2. The van der Waals surface area contributed by atoms with E-state index in [4.69, 9.17) is 9.47 Å². The highest BCUT2D eigenvalue weighted by molar-refractivity contribution is 5.97. The summed E-state index contributed by atoms with van der Waals surface area (Å²) < 4.78 is 25.0. The fourth-order valence-corrected chi connectivity index (χ4v) is 2.11. The molecule has 0 atom stereocenters. The summed E-state index contributed by atoms with van der Waals surface area (Å²) in [5, 5.41) is 0. The minimum atomic E-state index is -0.348. The Morgan fingerprint density at radius 1 is 1.37 bits per heavy atom. The first-order chi connectivity index (χ1) is 8.84. The normalized spacial score (nSPS) is 17.3. The molecule has 1 aromatic rings. The molecule has 1 aliphatic heterocycles. The van der Waals surface area contributed by atoms with Gasteiger partial charge in [-0.2, -0.15) is 0 Å². The van der Waals surface area contributed by atoms with Crippen LogP contribution in [0.4, 0.5) is 4.39 Å². The maximum absolute atomic E-state index is 14.3. The van der Waals surface area contributed by atoms with Crippen LogP contribution in [0.25, 0.3) is 0 Å². The average molecular weight is 265 g/mol. The molecule has 2 rings (SSSR count). The number of rotatable bonds is 3. The summed E-state index contributed by atoms with van der Waals surface area (Å²) in [7, 11) is 1.53. The lowest BCUT2D eigenvalue weighted by atomic mass is 9.96. The van der Waals surface area contributed by atoms with Crippen molar-refractivity contribution in [2.24, 2.45) is 4.99 Å². The van der Waals surface area contributed by atoms with Crippen molar-refractivity contribution in [1.29, 1.82) is 0 Å². The smallest absolute Gasteiger partial charge is 0.220 e. The zero-order valence-electron chi connectivity index (χ0n) is 12.1. The van der Waals surface area contributed by atoms with Gasteiger partial charge in [0.2, 0.25) is 5.90 Å². The van der Waals surface area contributed by atoms with Crippen LogP contribution in [-0.4, -0.2) is 25.2 Å². The van der Waals surface area contributed by atoms with E-state index in [0.717, 1.165) is 5.56 Å². The fourth-order valence-electron chi connectivity index (χ4n) is 2.11. The Hall–Kier alpha value is -1.58. The molecule has 4 heteroatoms. The molecule has 19 heavy (non-hydrogen) atoms. The van der Waals surface area contributed by atoms with Crippen LogP contribution in [0, 0.1) is 5.82 Å². The van der Waals surface area contributed by atoms with E-state index in [0.29, 0.717) is 23.8 Å². The minimum absolute atomic E-state index is 0.162. The molecule has 0 amide bonds. The van der Waals surface area contributed by atoms with Gasteiger partial charge in [0.1, 0.15) is 18.2 Å². The van der Waals surface area contributed by atoms with Crippen LogP contribution in [0.5, 0.6) is 5.75 Å². The summed E-state index contributed by atoms with van der Waals surface area (Å²) in [6.45, 7) is 8.44. The first-order valence-corrected chi connectivity index (χ1v) is 6.44. The molecule has 1 aromatic carbocycles. The number of hydrogen-bond donors (Lipinski definition) is 0. The van der Waals surface area contributed by atoms with Gasteiger partial charge in [0.15, 0.2) is 0 Å². The van der Waals surface area contributed by atoms with Crippen molar-refractivity contribution in [2.75, 3.05) is 13.7 Å². The zero-order valence-corrected chi connectivity index (χ0v) is 12.1. The third kappa shape index (κ3) is 2.72. The Morgan fingerprint density at radius 2 is 2.05 bits per heavy atom. The number of methoxy groups -OCH3 is 1. The van der Waals surface area contributed by atoms with Crippen molar-refractivity contribution in [3.05, 3.63) is 29.1 Å². The summed E-state index contributed by atoms with van der Waals surface area (Å²) in [5.74, 6) is 0.728. The Labute approximate surface area is 113 Å². The molecule has 0 spiro atoms. The number of halogens is 1. The van der Waals surface area contributed by atoms with Crippen molar-refractivity contribution >= 4 is 5.90 Å². The molecular weight excluding hydrogens is 245 g/mol. The van der Waals surface area contributed by atoms with Crippen LogP contribution in [0.3, 0.4) is 0 Å². The number of nitrogens with zero attached hydrogens (tertiary/aromatic N) is 1. The first kappa shape index (κ1) is 13.8. The lowest BCUT2D eigenvalue weighted by molar-refractivity contribution is 0.278. The van der Waals surface area contributed by atoms with Gasteiger partial charge in [-0.05, 0) is 31.4 Å². The summed E-state index contributed by atoms with van der Waals surface area (Å²) in [6.07, 6.45) is 0. The third-order valence-electron chi connectivity index (χ3n) is 3.13. The van der Waals surface area contributed by atoms with Gasteiger partial charge in [0, 0.05) is 6.07 Å². The molecule has 1 heterocycles. The Balaban J connectivity index is 2.57. The van der Waals surface area contributed by atoms with Crippen LogP contribution < -0.4 is 4.74 Å². The number of ether oxygens (including phenoxy) is 2. The highest BCUT2D eigenvalue weighted by Gasteiger charge is 2.30. The van der Waals surface area contributed by atoms with Crippen molar-refractivity contribution < 1.29 is 13.9 Å². The monoisotopic (exact) mass is 265 g/mol. The van der Waals surface area contributed by atoms with Gasteiger partial charge in [-0.3, -0.25) is 0 Å². The lowest BCUT2D eigenvalue weighted by Gasteiger charge is -2.15. The number of hydrogen-bond acceptors (Lipinski definition) is 3. The molecule has 0 saturated heterocycles. The van der Waals surface area contributed by atoms with Gasteiger partial charge in [-0.25, -0.2) is 9.38 Å². The summed E-state index contributed by atoms with van der Waals surface area (Å²) in [4.78, 5) is 4.46. The molecule has 0 N–H and O–H groups in total. The highest BCUT2D eigenvalue weighted by atomic mass is 19.1. The average Bonchev–Trinajstić information content (AvgIpc) is 2.68. The van der Waals surface area contributed by atoms with Gasteiger partial charge in [-0.15, -0.1) is 0 Å². The maximum atomic E-state index is 14.3. The van der Waals surface area contributed by atoms with E-state index in [9.17, 15) is 4.39 Å². The Kier molecular flexibility index (Phi) is 3.52. The van der Waals surface area contributed by atoms with Gasteiger partial charge in [0.05, 0.1) is 18.2 Å². The standard InChI is InChI=1S/C15H20FNO2/c1-9(2)11-6-10(18-5)7-12(16)13(11)14-17-15(3,4)8-19-14/h6-7,9H,8H2,1-5H3. The van der Waals surface area contributed by atoms with E-state index in [1.54, 1.807) is 0 Å².